The molecule has 0 bridgehead atoms. The van der Waals surface area contributed by atoms with Gasteiger partial charge in [-0.15, -0.1) is 0 Å². The van der Waals surface area contributed by atoms with Crippen molar-refractivity contribution in [1.82, 2.24) is 5.32 Å². The van der Waals surface area contributed by atoms with Gasteiger partial charge in [0.2, 0.25) is 0 Å². The second-order valence-electron chi connectivity index (χ2n) is 5.96. The molecule has 0 aliphatic heterocycles. The number of carbonyl (C=O) groups is 1. The first-order chi connectivity index (χ1) is 9.41. The monoisotopic (exact) mass is 271 g/mol. The van der Waals surface area contributed by atoms with Crippen LogP contribution in [0.1, 0.15) is 32.8 Å². The minimum Gasteiger partial charge on any atom is -0.444 e. The van der Waals surface area contributed by atoms with Gasteiger partial charge in [0.15, 0.2) is 0 Å². The van der Waals surface area contributed by atoms with Crippen molar-refractivity contribution in [1.29, 1.82) is 0 Å². The highest BCUT2D eigenvalue weighted by atomic mass is 16.6. The van der Waals surface area contributed by atoms with Crippen LogP contribution in [0.15, 0.2) is 54.6 Å². The average Bonchev–Trinajstić information content (AvgIpc) is 2.38. The minimum absolute atomic E-state index is 0.402. The Morgan fingerprint density at radius 1 is 1.20 bits per heavy atom. The second kappa shape index (κ2) is 5.53. The van der Waals surface area contributed by atoms with Gasteiger partial charge >= 0.3 is 6.09 Å². The van der Waals surface area contributed by atoms with E-state index in [2.05, 4.69) is 5.32 Å². The number of nitrogens with one attached hydrogen (secondary N) is 1. The summed E-state index contributed by atoms with van der Waals surface area (Å²) < 4.78 is 5.38. The van der Waals surface area contributed by atoms with Crippen LogP contribution in [0, 0.1) is 0 Å². The van der Waals surface area contributed by atoms with Crippen molar-refractivity contribution < 1.29 is 9.53 Å². The van der Waals surface area contributed by atoms with E-state index in [1.165, 1.54) is 0 Å². The summed E-state index contributed by atoms with van der Waals surface area (Å²) in [6.45, 7) is 5.58. The predicted molar refractivity (Wildman–Crippen MR) is 80.4 cm³/mol. The number of rotatable bonds is 2. The summed E-state index contributed by atoms with van der Waals surface area (Å²) in [6, 6.07) is 9.94. The lowest BCUT2D eigenvalue weighted by Crippen LogP contribution is -2.46. The van der Waals surface area contributed by atoms with Crippen molar-refractivity contribution in [3.63, 3.8) is 0 Å². The number of hydrogen-bond donors (Lipinski definition) is 1. The molecule has 1 aromatic carbocycles. The Morgan fingerprint density at radius 2 is 1.90 bits per heavy atom. The van der Waals surface area contributed by atoms with Crippen LogP contribution in [-0.2, 0) is 10.3 Å². The third-order valence-electron chi connectivity index (χ3n) is 3.08. The molecule has 1 aliphatic carbocycles. The predicted octanol–water partition coefficient (Wildman–Crippen LogP) is 3.92. The molecule has 0 radical (unpaired) electrons. The number of allylic oxidation sites excluding steroid dienone is 2. The number of ether oxygens (including phenoxy) is 1. The van der Waals surface area contributed by atoms with E-state index in [1.807, 2.05) is 75.4 Å². The highest BCUT2D eigenvalue weighted by molar-refractivity contribution is 5.70. The van der Waals surface area contributed by atoms with E-state index in [9.17, 15) is 4.79 Å². The highest BCUT2D eigenvalue weighted by Gasteiger charge is 2.32. The summed E-state index contributed by atoms with van der Waals surface area (Å²) in [5.74, 6) is 0. The fourth-order valence-electron chi connectivity index (χ4n) is 2.22. The summed E-state index contributed by atoms with van der Waals surface area (Å²) in [5.41, 5.74) is 0.0144. The van der Waals surface area contributed by atoms with Gasteiger partial charge in [0.1, 0.15) is 5.60 Å². The van der Waals surface area contributed by atoms with Gasteiger partial charge in [0.05, 0.1) is 5.54 Å². The van der Waals surface area contributed by atoms with E-state index >= 15 is 0 Å². The van der Waals surface area contributed by atoms with Crippen LogP contribution in [-0.4, -0.2) is 11.7 Å². The Balaban J connectivity index is 2.24. The second-order valence-corrected chi connectivity index (χ2v) is 5.96. The molecule has 1 atom stereocenters. The normalized spacial score (nSPS) is 21.6. The molecular formula is C17H21NO2. The van der Waals surface area contributed by atoms with E-state index < -0.39 is 17.2 Å². The zero-order valence-electron chi connectivity index (χ0n) is 12.2. The van der Waals surface area contributed by atoms with Crippen LogP contribution in [0.5, 0.6) is 0 Å². The lowest BCUT2D eigenvalue weighted by molar-refractivity contribution is 0.0475. The van der Waals surface area contributed by atoms with Crippen molar-refractivity contribution in [2.75, 3.05) is 0 Å². The minimum atomic E-state index is -0.529. The van der Waals surface area contributed by atoms with Gasteiger partial charge in [0.25, 0.3) is 0 Å². The van der Waals surface area contributed by atoms with Gasteiger partial charge in [-0.2, -0.15) is 0 Å². The maximum absolute atomic E-state index is 12.1. The van der Waals surface area contributed by atoms with Crippen LogP contribution < -0.4 is 5.32 Å². The van der Waals surface area contributed by atoms with Gasteiger partial charge in [0, 0.05) is 0 Å². The van der Waals surface area contributed by atoms with Crippen LogP contribution in [0.4, 0.5) is 4.79 Å². The Bertz CT molecular complexity index is 526. The maximum atomic E-state index is 12.1. The molecule has 3 heteroatoms. The molecule has 0 saturated carbocycles. The number of alkyl carbamates (subject to hydrolysis) is 1. The topological polar surface area (TPSA) is 38.3 Å². The van der Waals surface area contributed by atoms with E-state index in [0.717, 1.165) is 5.56 Å². The third-order valence-corrected chi connectivity index (χ3v) is 3.08. The number of benzene rings is 1. The molecule has 1 aromatic rings. The quantitative estimate of drug-likeness (QED) is 0.885. The maximum Gasteiger partial charge on any atom is 0.408 e. The van der Waals surface area contributed by atoms with Crippen molar-refractivity contribution in [2.45, 2.75) is 38.3 Å². The van der Waals surface area contributed by atoms with Crippen LogP contribution in [0.25, 0.3) is 0 Å². The summed E-state index contributed by atoms with van der Waals surface area (Å²) >= 11 is 0. The molecule has 1 unspecified atom stereocenters. The van der Waals surface area contributed by atoms with Crippen LogP contribution in [0.3, 0.4) is 0 Å². The van der Waals surface area contributed by atoms with Crippen LogP contribution in [0.2, 0.25) is 0 Å². The Hall–Kier alpha value is -2.03. The largest absolute Gasteiger partial charge is 0.444 e. The first kappa shape index (κ1) is 14.4. The summed E-state index contributed by atoms with van der Waals surface area (Å²) in [5, 5.41) is 3.01. The first-order valence-electron chi connectivity index (χ1n) is 6.82. The van der Waals surface area contributed by atoms with Gasteiger partial charge in [-0.1, -0.05) is 54.6 Å². The van der Waals surface area contributed by atoms with Crippen molar-refractivity contribution in [3.05, 3.63) is 60.2 Å². The van der Waals surface area contributed by atoms with E-state index in [1.54, 1.807) is 0 Å². The van der Waals surface area contributed by atoms with Crippen molar-refractivity contribution in [3.8, 4) is 0 Å². The fraction of sp³-hybridized carbons (Fsp3) is 0.353. The molecule has 1 N–H and O–H groups in total. The lowest BCUT2D eigenvalue weighted by Gasteiger charge is -2.34. The van der Waals surface area contributed by atoms with Gasteiger partial charge in [-0.3, -0.25) is 0 Å². The average molecular weight is 271 g/mol. The van der Waals surface area contributed by atoms with Crippen molar-refractivity contribution in [2.24, 2.45) is 0 Å². The smallest absolute Gasteiger partial charge is 0.408 e. The molecule has 20 heavy (non-hydrogen) atoms. The molecular weight excluding hydrogens is 250 g/mol. The molecule has 2 rings (SSSR count). The van der Waals surface area contributed by atoms with Gasteiger partial charge < -0.3 is 10.1 Å². The van der Waals surface area contributed by atoms with E-state index in [0.29, 0.717) is 6.42 Å². The molecule has 106 valence electrons. The standard InChI is InChI=1S/C17H21NO2/c1-16(2,3)20-15(19)18-17(12-8-5-9-13-17)14-10-6-4-7-11-14/h4-12H,13H2,1-3H3,(H,18,19). The fourth-order valence-corrected chi connectivity index (χ4v) is 2.22. The van der Waals surface area contributed by atoms with Gasteiger partial charge in [-0.05, 0) is 32.8 Å². The van der Waals surface area contributed by atoms with Crippen molar-refractivity contribution >= 4 is 6.09 Å². The molecule has 1 aliphatic rings. The Labute approximate surface area is 120 Å². The summed E-state index contributed by atoms with van der Waals surface area (Å²) in [4.78, 5) is 12.1. The van der Waals surface area contributed by atoms with E-state index in [4.69, 9.17) is 4.74 Å². The summed E-state index contributed by atoms with van der Waals surface area (Å²) in [6.07, 6.45) is 8.30. The third kappa shape index (κ3) is 3.50. The molecule has 0 fully saturated rings. The molecule has 3 nitrogen and oxygen atoms in total. The zero-order valence-corrected chi connectivity index (χ0v) is 12.2. The van der Waals surface area contributed by atoms with Crippen LogP contribution >= 0.6 is 0 Å². The van der Waals surface area contributed by atoms with E-state index in [-0.39, 0.29) is 0 Å². The first-order valence-corrected chi connectivity index (χ1v) is 6.82. The molecule has 0 saturated heterocycles. The number of carbonyl (C=O) groups excluding carboxylic acids is 1. The number of hydrogen-bond acceptors (Lipinski definition) is 2. The molecule has 1 amide bonds. The Kier molecular flexibility index (Phi) is 3.98. The molecule has 0 heterocycles. The summed E-state index contributed by atoms with van der Waals surface area (Å²) in [7, 11) is 0. The molecule has 0 spiro atoms. The lowest BCUT2D eigenvalue weighted by atomic mass is 9.84. The Morgan fingerprint density at radius 3 is 2.45 bits per heavy atom. The zero-order chi connectivity index (χ0) is 14.6. The van der Waals surface area contributed by atoms with Gasteiger partial charge in [-0.25, -0.2) is 4.79 Å². The number of amides is 1. The SMILES string of the molecule is CC(C)(C)OC(=O)NC1(c2ccccc2)C=CC=CC1. The molecule has 0 aromatic heterocycles. The highest BCUT2D eigenvalue weighted by Crippen LogP contribution is 2.30.